The van der Waals surface area contributed by atoms with E-state index in [-0.39, 0.29) is 11.8 Å². The third-order valence-electron chi connectivity index (χ3n) is 4.99. The van der Waals surface area contributed by atoms with Gasteiger partial charge in [0.25, 0.3) is 5.91 Å². The molecule has 0 bridgehead atoms. The highest BCUT2D eigenvalue weighted by Crippen LogP contribution is 2.28. The predicted octanol–water partition coefficient (Wildman–Crippen LogP) is 2.98. The normalized spacial score (nSPS) is 15.6. The van der Waals surface area contributed by atoms with Gasteiger partial charge in [0.1, 0.15) is 0 Å². The van der Waals surface area contributed by atoms with Crippen molar-refractivity contribution >= 4 is 11.8 Å². The molecule has 148 valence electrons. The van der Waals surface area contributed by atoms with Crippen molar-refractivity contribution in [2.24, 2.45) is 5.92 Å². The number of ether oxygens (including phenoxy) is 2. The fraction of sp³-hybridized carbons (Fsp3) is 0.524. The maximum atomic E-state index is 12.9. The van der Waals surface area contributed by atoms with Crippen molar-refractivity contribution < 1.29 is 19.1 Å². The second-order valence-corrected chi connectivity index (χ2v) is 7.08. The first-order chi connectivity index (χ1) is 12.9. The van der Waals surface area contributed by atoms with Gasteiger partial charge in [-0.05, 0) is 37.5 Å². The van der Waals surface area contributed by atoms with Crippen LogP contribution in [0.25, 0.3) is 0 Å². The highest BCUT2D eigenvalue weighted by molar-refractivity contribution is 5.95. The fourth-order valence-electron chi connectivity index (χ4n) is 2.95. The zero-order chi connectivity index (χ0) is 20.0. The first kappa shape index (κ1) is 20.8. The molecular formula is C21H30N2O4. The Hall–Kier alpha value is -2.50. The quantitative estimate of drug-likeness (QED) is 0.744. The molecule has 0 saturated carbocycles. The Labute approximate surface area is 161 Å². The number of methoxy groups -OCH3 is 2. The van der Waals surface area contributed by atoms with Crippen molar-refractivity contribution in [2.75, 3.05) is 40.4 Å². The van der Waals surface area contributed by atoms with E-state index in [9.17, 15) is 9.59 Å². The minimum Gasteiger partial charge on any atom is -0.493 e. The second kappa shape index (κ2) is 9.44. The van der Waals surface area contributed by atoms with Gasteiger partial charge in [0, 0.05) is 37.8 Å². The average Bonchev–Trinajstić information content (AvgIpc) is 2.92. The van der Waals surface area contributed by atoms with E-state index in [1.165, 1.54) is 0 Å². The Morgan fingerprint density at radius 2 is 1.63 bits per heavy atom. The second-order valence-electron chi connectivity index (χ2n) is 7.08. The number of hydrogen-bond acceptors (Lipinski definition) is 4. The van der Waals surface area contributed by atoms with Gasteiger partial charge in [0.05, 0.1) is 14.2 Å². The summed E-state index contributed by atoms with van der Waals surface area (Å²) in [4.78, 5) is 29.0. The molecule has 1 aromatic carbocycles. The zero-order valence-corrected chi connectivity index (χ0v) is 16.9. The molecule has 1 aliphatic rings. The molecule has 1 heterocycles. The Kier molecular flexibility index (Phi) is 7.28. The van der Waals surface area contributed by atoms with Crippen LogP contribution < -0.4 is 9.47 Å². The number of carbonyl (C=O) groups excluding carboxylic acids is 2. The standard InChI is InChI=1S/C21H30N2O4/c1-15(2)16(3)13-20(24)22-9-6-10-23(12-11-22)21(25)17-7-8-18(26-4)19(14-17)27-5/h7-8,13-15H,6,9-12H2,1-5H3/b16-13+. The minimum absolute atomic E-state index is 0.0293. The monoisotopic (exact) mass is 374 g/mol. The molecule has 2 rings (SSSR count). The molecule has 1 fully saturated rings. The van der Waals surface area contributed by atoms with E-state index in [1.54, 1.807) is 43.4 Å². The van der Waals surface area contributed by atoms with Gasteiger partial charge in [-0.25, -0.2) is 0 Å². The summed E-state index contributed by atoms with van der Waals surface area (Å²) in [5.74, 6) is 1.45. The molecule has 0 atom stereocenters. The Morgan fingerprint density at radius 1 is 1.00 bits per heavy atom. The van der Waals surface area contributed by atoms with Crippen LogP contribution in [0.2, 0.25) is 0 Å². The molecule has 1 aromatic rings. The molecule has 6 nitrogen and oxygen atoms in total. The van der Waals surface area contributed by atoms with Gasteiger partial charge in [0.15, 0.2) is 11.5 Å². The van der Waals surface area contributed by atoms with E-state index in [4.69, 9.17) is 9.47 Å². The number of nitrogens with zero attached hydrogens (tertiary/aromatic N) is 2. The van der Waals surface area contributed by atoms with Crippen molar-refractivity contribution in [1.82, 2.24) is 9.80 Å². The Balaban J connectivity index is 2.06. The molecule has 0 aromatic heterocycles. The highest BCUT2D eigenvalue weighted by atomic mass is 16.5. The van der Waals surface area contributed by atoms with Crippen LogP contribution in [0.3, 0.4) is 0 Å². The number of allylic oxidation sites excluding steroid dienone is 1. The van der Waals surface area contributed by atoms with Gasteiger partial charge in [-0.3, -0.25) is 9.59 Å². The summed E-state index contributed by atoms with van der Waals surface area (Å²) in [7, 11) is 3.11. The van der Waals surface area contributed by atoms with Crippen LogP contribution in [0.4, 0.5) is 0 Å². The van der Waals surface area contributed by atoms with Gasteiger partial charge < -0.3 is 19.3 Å². The van der Waals surface area contributed by atoms with Gasteiger partial charge >= 0.3 is 0 Å². The number of hydrogen-bond donors (Lipinski definition) is 0. The molecule has 0 unspecified atom stereocenters. The van der Waals surface area contributed by atoms with Gasteiger partial charge in [0.2, 0.25) is 5.91 Å². The third-order valence-corrected chi connectivity index (χ3v) is 4.99. The lowest BCUT2D eigenvalue weighted by Crippen LogP contribution is -2.37. The van der Waals surface area contributed by atoms with E-state index in [0.29, 0.717) is 49.2 Å². The molecule has 6 heteroatoms. The lowest BCUT2D eigenvalue weighted by atomic mass is 10.1. The molecule has 1 aliphatic heterocycles. The van der Waals surface area contributed by atoms with Crippen LogP contribution >= 0.6 is 0 Å². The molecule has 1 saturated heterocycles. The molecule has 0 aliphatic carbocycles. The van der Waals surface area contributed by atoms with Crippen molar-refractivity contribution in [1.29, 1.82) is 0 Å². The molecule has 0 spiro atoms. The molecule has 0 N–H and O–H groups in total. The summed E-state index contributed by atoms with van der Waals surface area (Å²) >= 11 is 0. The molecule has 27 heavy (non-hydrogen) atoms. The molecular weight excluding hydrogens is 344 g/mol. The zero-order valence-electron chi connectivity index (χ0n) is 16.9. The van der Waals surface area contributed by atoms with Crippen LogP contribution in [0, 0.1) is 5.92 Å². The van der Waals surface area contributed by atoms with Crippen LogP contribution in [0.1, 0.15) is 37.6 Å². The topological polar surface area (TPSA) is 59.1 Å². The van der Waals surface area contributed by atoms with E-state index in [2.05, 4.69) is 13.8 Å². The maximum absolute atomic E-state index is 12.9. The largest absolute Gasteiger partial charge is 0.493 e. The fourth-order valence-corrected chi connectivity index (χ4v) is 2.95. The van der Waals surface area contributed by atoms with E-state index in [0.717, 1.165) is 12.0 Å². The van der Waals surface area contributed by atoms with Gasteiger partial charge in [-0.2, -0.15) is 0 Å². The highest BCUT2D eigenvalue weighted by Gasteiger charge is 2.23. The van der Waals surface area contributed by atoms with E-state index >= 15 is 0 Å². The summed E-state index contributed by atoms with van der Waals surface area (Å²) < 4.78 is 10.5. The smallest absolute Gasteiger partial charge is 0.254 e. The van der Waals surface area contributed by atoms with Crippen molar-refractivity contribution in [3.8, 4) is 11.5 Å². The number of rotatable bonds is 5. The van der Waals surface area contributed by atoms with Crippen LogP contribution in [-0.2, 0) is 4.79 Å². The first-order valence-corrected chi connectivity index (χ1v) is 9.35. The lowest BCUT2D eigenvalue weighted by Gasteiger charge is -2.22. The van der Waals surface area contributed by atoms with Gasteiger partial charge in [-0.1, -0.05) is 19.4 Å². The van der Waals surface area contributed by atoms with E-state index in [1.807, 2.05) is 11.8 Å². The van der Waals surface area contributed by atoms with Crippen molar-refractivity contribution in [3.05, 3.63) is 35.4 Å². The van der Waals surface area contributed by atoms with Crippen LogP contribution in [-0.4, -0.2) is 62.0 Å². The number of amides is 2. The Bertz CT molecular complexity index is 712. The third kappa shape index (κ3) is 5.25. The predicted molar refractivity (Wildman–Crippen MR) is 105 cm³/mol. The molecule has 2 amide bonds. The summed E-state index contributed by atoms with van der Waals surface area (Å²) in [6, 6.07) is 5.18. The SMILES string of the molecule is COc1ccc(C(=O)N2CCCN(C(=O)/C=C(\C)C(C)C)CC2)cc1OC. The minimum atomic E-state index is -0.0563. The molecule has 0 radical (unpaired) electrons. The van der Waals surface area contributed by atoms with Crippen molar-refractivity contribution in [2.45, 2.75) is 27.2 Å². The summed E-state index contributed by atoms with van der Waals surface area (Å²) in [6.07, 6.45) is 2.48. The average molecular weight is 374 g/mol. The summed E-state index contributed by atoms with van der Waals surface area (Å²) in [5, 5.41) is 0. The van der Waals surface area contributed by atoms with Crippen LogP contribution in [0.15, 0.2) is 29.8 Å². The first-order valence-electron chi connectivity index (χ1n) is 9.35. The van der Waals surface area contributed by atoms with E-state index < -0.39 is 0 Å². The van der Waals surface area contributed by atoms with Crippen molar-refractivity contribution in [3.63, 3.8) is 0 Å². The lowest BCUT2D eigenvalue weighted by molar-refractivity contribution is -0.126. The number of benzene rings is 1. The van der Waals surface area contributed by atoms with Gasteiger partial charge in [-0.15, -0.1) is 0 Å². The maximum Gasteiger partial charge on any atom is 0.254 e. The van der Waals surface area contributed by atoms with Crippen LogP contribution in [0.5, 0.6) is 11.5 Å². The summed E-state index contributed by atoms with van der Waals surface area (Å²) in [5.41, 5.74) is 1.63. The summed E-state index contributed by atoms with van der Waals surface area (Å²) in [6.45, 7) is 8.48. The number of carbonyl (C=O) groups is 2. The Morgan fingerprint density at radius 3 is 2.26 bits per heavy atom.